The third kappa shape index (κ3) is 5.04. The van der Waals surface area contributed by atoms with Gasteiger partial charge in [-0.05, 0) is 24.9 Å². The lowest BCUT2D eigenvalue weighted by Gasteiger charge is -2.16. The monoisotopic (exact) mass is 305 g/mol. The van der Waals surface area contributed by atoms with Crippen LogP contribution in [0.1, 0.15) is 32.1 Å². The van der Waals surface area contributed by atoms with Gasteiger partial charge in [-0.15, -0.1) is 10.2 Å². The van der Waals surface area contributed by atoms with E-state index >= 15 is 0 Å². The maximum atomic E-state index is 10.6. The number of nitrogens with zero attached hydrogens (tertiary/aromatic N) is 3. The summed E-state index contributed by atoms with van der Waals surface area (Å²) < 4.78 is 1.84. The Morgan fingerprint density at radius 3 is 2.79 bits per heavy atom. The van der Waals surface area contributed by atoms with Crippen LogP contribution in [0.15, 0.2) is 5.16 Å². The molecular formula is C11H19N3O3S2. The number of aliphatic hydroxyl groups excluding tert-OH is 1. The van der Waals surface area contributed by atoms with Crippen LogP contribution in [0.3, 0.4) is 0 Å². The predicted octanol–water partition coefficient (Wildman–Crippen LogP) is 1.65. The van der Waals surface area contributed by atoms with Gasteiger partial charge in [-0.25, -0.2) is 0 Å². The van der Waals surface area contributed by atoms with Crippen molar-refractivity contribution in [3.63, 3.8) is 0 Å². The van der Waals surface area contributed by atoms with Crippen molar-refractivity contribution in [2.75, 3.05) is 17.3 Å². The van der Waals surface area contributed by atoms with Gasteiger partial charge in [0.05, 0.1) is 5.75 Å². The van der Waals surface area contributed by atoms with Gasteiger partial charge in [0.25, 0.3) is 0 Å². The highest BCUT2D eigenvalue weighted by Crippen LogP contribution is 2.24. The summed E-state index contributed by atoms with van der Waals surface area (Å²) in [6.45, 7) is 3.96. The van der Waals surface area contributed by atoms with Gasteiger partial charge in [0.15, 0.2) is 11.0 Å². The number of rotatable bonds is 9. The Kier molecular flexibility index (Phi) is 7.25. The molecule has 0 aliphatic rings. The molecule has 0 bridgehead atoms. The summed E-state index contributed by atoms with van der Waals surface area (Å²) >= 11 is 2.98. The second kappa shape index (κ2) is 8.44. The maximum absolute atomic E-state index is 10.6. The minimum atomic E-state index is -0.890. The summed E-state index contributed by atoms with van der Waals surface area (Å²) in [4.78, 5) is 10.6. The first-order valence-corrected chi connectivity index (χ1v) is 8.21. The molecule has 6 nitrogen and oxygen atoms in total. The van der Waals surface area contributed by atoms with Gasteiger partial charge in [-0.3, -0.25) is 4.79 Å². The van der Waals surface area contributed by atoms with Crippen LogP contribution in [-0.2, 0) is 11.4 Å². The Labute approximate surface area is 121 Å². The number of carboxylic acid groups (broad SMARTS) is 1. The minimum Gasteiger partial charge on any atom is -0.481 e. The second-order valence-electron chi connectivity index (χ2n) is 3.94. The summed E-state index contributed by atoms with van der Waals surface area (Å²) in [6, 6.07) is 0.146. The molecule has 19 heavy (non-hydrogen) atoms. The summed E-state index contributed by atoms with van der Waals surface area (Å²) in [6.07, 6.45) is 0.935. The largest absolute Gasteiger partial charge is 0.481 e. The topological polar surface area (TPSA) is 88.2 Å². The molecule has 0 saturated heterocycles. The van der Waals surface area contributed by atoms with E-state index in [1.807, 2.05) is 23.3 Å². The van der Waals surface area contributed by atoms with Gasteiger partial charge in [-0.1, -0.05) is 18.7 Å². The summed E-state index contributed by atoms with van der Waals surface area (Å²) in [5.74, 6) is 1.63. The van der Waals surface area contributed by atoms with Crippen molar-refractivity contribution in [1.82, 2.24) is 14.8 Å². The second-order valence-corrected chi connectivity index (χ2v) is 6.28. The molecule has 1 atom stereocenters. The van der Waals surface area contributed by atoms with E-state index in [-0.39, 0.29) is 18.4 Å². The Balaban J connectivity index is 2.76. The van der Waals surface area contributed by atoms with Crippen molar-refractivity contribution in [2.45, 2.75) is 38.1 Å². The highest BCUT2D eigenvalue weighted by molar-refractivity contribution is 7.99. The van der Waals surface area contributed by atoms with Crippen molar-refractivity contribution in [1.29, 1.82) is 0 Å². The lowest BCUT2D eigenvalue weighted by atomic mass is 10.2. The van der Waals surface area contributed by atoms with Crippen LogP contribution in [0.5, 0.6) is 0 Å². The van der Waals surface area contributed by atoms with Crippen LogP contribution in [0.25, 0.3) is 0 Å². The summed E-state index contributed by atoms with van der Waals surface area (Å²) in [5.41, 5.74) is 0. The van der Waals surface area contributed by atoms with Gasteiger partial charge in [0, 0.05) is 6.04 Å². The molecule has 1 aromatic heterocycles. The standard InChI is InChI=1S/C11H19N3O3S2/c1-3-18-5-4-8(2)14-9(6-15)12-13-11(14)19-7-10(16)17/h8,15H,3-7H2,1-2H3,(H,16,17). The summed E-state index contributed by atoms with van der Waals surface area (Å²) in [7, 11) is 0. The van der Waals surface area contributed by atoms with Crippen LogP contribution in [0.2, 0.25) is 0 Å². The molecule has 1 unspecified atom stereocenters. The number of aromatic nitrogens is 3. The van der Waals surface area contributed by atoms with E-state index in [2.05, 4.69) is 17.1 Å². The molecule has 1 aromatic rings. The van der Waals surface area contributed by atoms with E-state index in [0.717, 1.165) is 29.7 Å². The molecule has 108 valence electrons. The molecule has 0 aliphatic carbocycles. The van der Waals surface area contributed by atoms with Gasteiger partial charge in [-0.2, -0.15) is 11.8 Å². The molecule has 8 heteroatoms. The maximum Gasteiger partial charge on any atom is 0.313 e. The van der Waals surface area contributed by atoms with E-state index in [9.17, 15) is 9.90 Å². The van der Waals surface area contributed by atoms with E-state index < -0.39 is 5.97 Å². The van der Waals surface area contributed by atoms with E-state index in [4.69, 9.17) is 5.11 Å². The van der Waals surface area contributed by atoms with Gasteiger partial charge < -0.3 is 14.8 Å². The van der Waals surface area contributed by atoms with Crippen LogP contribution in [0.4, 0.5) is 0 Å². The number of hydrogen-bond acceptors (Lipinski definition) is 6. The molecule has 0 aliphatic heterocycles. The van der Waals surface area contributed by atoms with Crippen molar-refractivity contribution in [3.05, 3.63) is 5.82 Å². The fourth-order valence-corrected chi connectivity index (χ4v) is 3.18. The fourth-order valence-electron chi connectivity index (χ4n) is 1.61. The average molecular weight is 305 g/mol. The molecule has 0 amide bonds. The van der Waals surface area contributed by atoms with Gasteiger partial charge in [0.2, 0.25) is 0 Å². The minimum absolute atomic E-state index is 0.0556. The third-order valence-corrected chi connectivity index (χ3v) is 4.39. The molecular weight excluding hydrogens is 286 g/mol. The Morgan fingerprint density at radius 2 is 2.21 bits per heavy atom. The lowest BCUT2D eigenvalue weighted by Crippen LogP contribution is -2.12. The SMILES string of the molecule is CCSCCC(C)n1c(CO)nnc1SCC(=O)O. The van der Waals surface area contributed by atoms with Crippen molar-refractivity contribution in [2.24, 2.45) is 0 Å². The normalized spacial score (nSPS) is 12.6. The van der Waals surface area contributed by atoms with Crippen LogP contribution in [0, 0.1) is 0 Å². The van der Waals surface area contributed by atoms with Crippen molar-refractivity contribution >= 4 is 29.5 Å². The van der Waals surface area contributed by atoms with E-state index in [0.29, 0.717) is 11.0 Å². The Bertz CT molecular complexity index is 412. The summed E-state index contributed by atoms with van der Waals surface area (Å²) in [5, 5.41) is 26.4. The zero-order valence-corrected chi connectivity index (χ0v) is 12.7. The first-order valence-electron chi connectivity index (χ1n) is 6.07. The molecule has 0 saturated carbocycles. The van der Waals surface area contributed by atoms with Crippen molar-refractivity contribution < 1.29 is 15.0 Å². The van der Waals surface area contributed by atoms with Crippen LogP contribution in [-0.4, -0.2) is 48.2 Å². The highest BCUT2D eigenvalue weighted by atomic mass is 32.2. The van der Waals surface area contributed by atoms with E-state index in [1.165, 1.54) is 0 Å². The molecule has 0 aromatic carbocycles. The number of carboxylic acids is 1. The van der Waals surface area contributed by atoms with Crippen molar-refractivity contribution in [3.8, 4) is 0 Å². The first-order chi connectivity index (χ1) is 9.10. The number of aliphatic hydroxyl groups is 1. The fraction of sp³-hybridized carbons (Fsp3) is 0.727. The zero-order chi connectivity index (χ0) is 14.3. The quantitative estimate of drug-likeness (QED) is 0.529. The van der Waals surface area contributed by atoms with Gasteiger partial charge in [0.1, 0.15) is 6.61 Å². The molecule has 2 N–H and O–H groups in total. The highest BCUT2D eigenvalue weighted by Gasteiger charge is 2.17. The molecule has 1 heterocycles. The number of thioether (sulfide) groups is 2. The molecule has 1 rings (SSSR count). The van der Waals surface area contributed by atoms with Gasteiger partial charge >= 0.3 is 5.97 Å². The van der Waals surface area contributed by atoms with Crippen LogP contribution < -0.4 is 0 Å². The number of hydrogen-bond donors (Lipinski definition) is 2. The lowest BCUT2D eigenvalue weighted by molar-refractivity contribution is -0.133. The Hall–Kier alpha value is -0.730. The Morgan fingerprint density at radius 1 is 1.47 bits per heavy atom. The number of aliphatic carboxylic acids is 1. The molecule has 0 radical (unpaired) electrons. The first kappa shape index (κ1) is 16.3. The molecule has 0 spiro atoms. The average Bonchev–Trinajstić information content (AvgIpc) is 2.79. The smallest absolute Gasteiger partial charge is 0.313 e. The predicted molar refractivity (Wildman–Crippen MR) is 76.6 cm³/mol. The zero-order valence-electron chi connectivity index (χ0n) is 11.1. The number of carbonyl (C=O) groups is 1. The van der Waals surface area contributed by atoms with E-state index in [1.54, 1.807) is 0 Å². The third-order valence-electron chi connectivity index (χ3n) is 2.53. The van der Waals surface area contributed by atoms with Crippen LogP contribution >= 0.6 is 23.5 Å². The molecule has 0 fully saturated rings.